The van der Waals surface area contributed by atoms with Crippen molar-refractivity contribution in [2.75, 3.05) is 6.61 Å². The molecule has 2 heterocycles. The second kappa shape index (κ2) is 7.58. The number of hydrogen-bond donors (Lipinski definition) is 0. The SMILES string of the molecule is CCOC(=O)c1cc2c3ccccc3n(Cc3ccccc3)c2cn1.Cl. The summed E-state index contributed by atoms with van der Waals surface area (Å²) in [5, 5.41) is 2.13. The molecule has 4 rings (SSSR count). The highest BCUT2D eigenvalue weighted by Gasteiger charge is 2.15. The van der Waals surface area contributed by atoms with Gasteiger partial charge in [-0.05, 0) is 24.6 Å². The van der Waals surface area contributed by atoms with Crippen molar-refractivity contribution in [1.29, 1.82) is 0 Å². The van der Waals surface area contributed by atoms with Gasteiger partial charge in [-0.25, -0.2) is 9.78 Å². The molecule has 0 radical (unpaired) electrons. The van der Waals surface area contributed by atoms with Crippen LogP contribution in [0, 0.1) is 0 Å². The van der Waals surface area contributed by atoms with Crippen LogP contribution in [0.5, 0.6) is 0 Å². The van der Waals surface area contributed by atoms with E-state index in [9.17, 15) is 4.79 Å². The fourth-order valence-electron chi connectivity index (χ4n) is 3.20. The lowest BCUT2D eigenvalue weighted by Crippen LogP contribution is -2.07. The Morgan fingerprint density at radius 2 is 1.73 bits per heavy atom. The van der Waals surface area contributed by atoms with Gasteiger partial charge in [0.2, 0.25) is 0 Å². The summed E-state index contributed by atoms with van der Waals surface area (Å²) in [5.41, 5.74) is 3.71. The highest BCUT2D eigenvalue weighted by molar-refractivity contribution is 6.09. The Labute approximate surface area is 157 Å². The Kier molecular flexibility index (Phi) is 5.24. The molecule has 2 aromatic heterocycles. The third-order valence-corrected chi connectivity index (χ3v) is 4.33. The van der Waals surface area contributed by atoms with Crippen molar-refractivity contribution in [3.8, 4) is 0 Å². The van der Waals surface area contributed by atoms with E-state index in [2.05, 4.69) is 33.8 Å². The van der Waals surface area contributed by atoms with Crippen LogP contribution in [-0.2, 0) is 11.3 Å². The molecule has 5 heteroatoms. The monoisotopic (exact) mass is 366 g/mol. The minimum Gasteiger partial charge on any atom is -0.461 e. The van der Waals surface area contributed by atoms with Crippen molar-refractivity contribution in [1.82, 2.24) is 9.55 Å². The van der Waals surface area contributed by atoms with Gasteiger partial charge in [0, 0.05) is 22.8 Å². The maximum absolute atomic E-state index is 12.0. The predicted octanol–water partition coefficient (Wildman–Crippen LogP) is 4.84. The third kappa shape index (κ3) is 3.16. The van der Waals surface area contributed by atoms with Crippen molar-refractivity contribution in [2.45, 2.75) is 13.5 Å². The number of carbonyl (C=O) groups excluding carboxylic acids is 1. The minimum absolute atomic E-state index is 0. The van der Waals surface area contributed by atoms with Gasteiger partial charge < -0.3 is 9.30 Å². The van der Waals surface area contributed by atoms with E-state index < -0.39 is 0 Å². The van der Waals surface area contributed by atoms with E-state index in [1.807, 2.05) is 36.4 Å². The van der Waals surface area contributed by atoms with Crippen LogP contribution in [0.15, 0.2) is 66.9 Å². The summed E-state index contributed by atoms with van der Waals surface area (Å²) in [5.74, 6) is -0.385. The minimum atomic E-state index is -0.385. The number of hydrogen-bond acceptors (Lipinski definition) is 3. The van der Waals surface area contributed by atoms with Crippen molar-refractivity contribution < 1.29 is 9.53 Å². The summed E-state index contributed by atoms with van der Waals surface area (Å²) in [6.07, 6.45) is 1.77. The number of esters is 1. The highest BCUT2D eigenvalue weighted by Crippen LogP contribution is 2.29. The molecule has 0 aliphatic rings. The van der Waals surface area contributed by atoms with Crippen LogP contribution in [-0.4, -0.2) is 22.1 Å². The smallest absolute Gasteiger partial charge is 0.356 e. The maximum Gasteiger partial charge on any atom is 0.356 e. The van der Waals surface area contributed by atoms with Crippen LogP contribution in [0.2, 0.25) is 0 Å². The molecule has 2 aromatic carbocycles. The number of para-hydroxylation sites is 1. The van der Waals surface area contributed by atoms with E-state index in [0.29, 0.717) is 12.3 Å². The molecule has 132 valence electrons. The maximum atomic E-state index is 12.0. The number of fused-ring (bicyclic) bond motifs is 3. The summed E-state index contributed by atoms with van der Waals surface area (Å²) < 4.78 is 7.32. The van der Waals surface area contributed by atoms with Gasteiger partial charge in [0.25, 0.3) is 0 Å². The lowest BCUT2D eigenvalue weighted by Gasteiger charge is -2.07. The largest absolute Gasteiger partial charge is 0.461 e. The second-order valence-electron chi connectivity index (χ2n) is 5.90. The third-order valence-electron chi connectivity index (χ3n) is 4.33. The molecule has 26 heavy (non-hydrogen) atoms. The molecule has 0 N–H and O–H groups in total. The van der Waals surface area contributed by atoms with Gasteiger partial charge >= 0.3 is 5.97 Å². The number of halogens is 1. The zero-order valence-corrected chi connectivity index (χ0v) is 15.2. The number of aromatic nitrogens is 2. The van der Waals surface area contributed by atoms with E-state index in [1.165, 1.54) is 5.56 Å². The molecular weight excluding hydrogens is 348 g/mol. The number of nitrogens with zero attached hydrogens (tertiary/aromatic N) is 2. The number of rotatable bonds is 4. The van der Waals surface area contributed by atoms with Gasteiger partial charge in [0.05, 0.1) is 18.3 Å². The summed E-state index contributed by atoms with van der Waals surface area (Å²) in [7, 11) is 0. The van der Waals surface area contributed by atoms with Crippen LogP contribution < -0.4 is 0 Å². The molecule has 4 nitrogen and oxygen atoms in total. The number of ether oxygens (including phenoxy) is 1. The molecule has 0 bridgehead atoms. The average molecular weight is 367 g/mol. The van der Waals surface area contributed by atoms with Crippen molar-refractivity contribution in [2.24, 2.45) is 0 Å². The Morgan fingerprint density at radius 3 is 2.50 bits per heavy atom. The van der Waals surface area contributed by atoms with Gasteiger partial charge in [-0.1, -0.05) is 48.5 Å². The molecule has 0 fully saturated rings. The highest BCUT2D eigenvalue weighted by atomic mass is 35.5. The van der Waals surface area contributed by atoms with Gasteiger partial charge in [-0.2, -0.15) is 0 Å². The Bertz CT molecular complexity index is 1060. The van der Waals surface area contributed by atoms with E-state index in [1.54, 1.807) is 13.1 Å². The number of pyridine rings is 1. The molecule has 0 unspecified atom stereocenters. The zero-order valence-electron chi connectivity index (χ0n) is 14.4. The normalized spacial score (nSPS) is 10.7. The van der Waals surface area contributed by atoms with E-state index in [0.717, 1.165) is 28.4 Å². The zero-order chi connectivity index (χ0) is 17.2. The van der Waals surface area contributed by atoms with Crippen molar-refractivity contribution in [3.63, 3.8) is 0 Å². The van der Waals surface area contributed by atoms with Gasteiger partial charge in [0.15, 0.2) is 0 Å². The van der Waals surface area contributed by atoms with Crippen LogP contribution in [0.25, 0.3) is 21.8 Å². The average Bonchev–Trinajstić information content (AvgIpc) is 2.96. The molecule has 0 aliphatic heterocycles. The molecule has 0 atom stereocenters. The first kappa shape index (κ1) is 18.0. The summed E-state index contributed by atoms with van der Waals surface area (Å²) in [6, 6.07) is 20.4. The van der Waals surface area contributed by atoms with E-state index in [-0.39, 0.29) is 18.4 Å². The number of benzene rings is 2. The Balaban J connectivity index is 0.00000196. The topological polar surface area (TPSA) is 44.1 Å². The predicted molar refractivity (Wildman–Crippen MR) is 106 cm³/mol. The molecule has 0 saturated heterocycles. The lowest BCUT2D eigenvalue weighted by atomic mass is 10.1. The van der Waals surface area contributed by atoms with Crippen LogP contribution in [0.4, 0.5) is 0 Å². The molecule has 0 saturated carbocycles. The first-order valence-corrected chi connectivity index (χ1v) is 8.36. The Hall–Kier alpha value is -2.85. The van der Waals surface area contributed by atoms with Gasteiger partial charge in [-0.15, -0.1) is 12.4 Å². The fourth-order valence-corrected chi connectivity index (χ4v) is 3.20. The quantitative estimate of drug-likeness (QED) is 0.485. The van der Waals surface area contributed by atoms with Crippen LogP contribution >= 0.6 is 12.4 Å². The molecule has 4 aromatic rings. The lowest BCUT2D eigenvalue weighted by molar-refractivity contribution is 0.0520. The summed E-state index contributed by atoms with van der Waals surface area (Å²) >= 11 is 0. The number of carbonyl (C=O) groups is 1. The van der Waals surface area contributed by atoms with Gasteiger partial charge in [-0.3, -0.25) is 0 Å². The molecule has 0 amide bonds. The molecular formula is C21H19ClN2O2. The summed E-state index contributed by atoms with van der Waals surface area (Å²) in [6.45, 7) is 2.89. The first-order valence-electron chi connectivity index (χ1n) is 8.36. The summed E-state index contributed by atoms with van der Waals surface area (Å²) in [4.78, 5) is 16.4. The first-order chi connectivity index (χ1) is 12.3. The van der Waals surface area contributed by atoms with E-state index in [4.69, 9.17) is 4.74 Å². The van der Waals surface area contributed by atoms with Crippen LogP contribution in [0.3, 0.4) is 0 Å². The standard InChI is InChI=1S/C21H18N2O2.ClH/c1-2-25-21(24)18-12-17-16-10-6-7-11-19(16)23(20(17)13-22-18)14-15-8-4-3-5-9-15;/h3-13H,2,14H2,1H3;1H. The van der Waals surface area contributed by atoms with E-state index >= 15 is 0 Å². The van der Waals surface area contributed by atoms with Crippen molar-refractivity contribution in [3.05, 3.63) is 78.1 Å². The fraction of sp³-hybridized carbons (Fsp3) is 0.143. The van der Waals surface area contributed by atoms with Crippen molar-refractivity contribution >= 4 is 40.2 Å². The second-order valence-corrected chi connectivity index (χ2v) is 5.90. The Morgan fingerprint density at radius 1 is 1.00 bits per heavy atom. The molecule has 0 aliphatic carbocycles. The van der Waals surface area contributed by atoms with Gasteiger partial charge in [0.1, 0.15) is 5.69 Å². The molecule has 0 spiro atoms. The van der Waals surface area contributed by atoms with Crippen LogP contribution in [0.1, 0.15) is 23.0 Å².